The molecule has 1 aromatic rings. The Bertz CT molecular complexity index is 414. The Balaban J connectivity index is 1.89. The fourth-order valence-corrected chi connectivity index (χ4v) is 2.96. The van der Waals surface area contributed by atoms with E-state index < -0.39 is 0 Å². The van der Waals surface area contributed by atoms with Crippen LogP contribution in [0.4, 0.5) is 5.69 Å². The van der Waals surface area contributed by atoms with Crippen LogP contribution in [0.3, 0.4) is 0 Å². The summed E-state index contributed by atoms with van der Waals surface area (Å²) in [7, 11) is 2.01. The van der Waals surface area contributed by atoms with Crippen LogP contribution in [0.2, 0.25) is 0 Å². The highest BCUT2D eigenvalue weighted by atomic mass is 15.3. The number of likely N-dealkylation sites (tertiary alicyclic amines) is 1. The van der Waals surface area contributed by atoms with Gasteiger partial charge in [0.1, 0.15) is 0 Å². The van der Waals surface area contributed by atoms with Crippen LogP contribution in [-0.2, 0) is 7.05 Å². The van der Waals surface area contributed by atoms with Crippen molar-refractivity contribution in [2.24, 2.45) is 13.0 Å². The van der Waals surface area contributed by atoms with Crippen molar-refractivity contribution in [1.82, 2.24) is 14.7 Å². The molecule has 0 amide bonds. The first-order valence-corrected chi connectivity index (χ1v) is 7.46. The Morgan fingerprint density at radius 2 is 1.89 bits per heavy atom. The molecular weight excluding hydrogens is 236 g/mol. The number of aryl methyl sites for hydroxylation is 2. The molecule has 4 heteroatoms. The molecule has 1 saturated heterocycles. The molecule has 1 N–H and O–H groups in total. The molecular formula is C15H28N4. The van der Waals surface area contributed by atoms with Crippen LogP contribution in [0.25, 0.3) is 0 Å². The first-order chi connectivity index (χ1) is 8.97. The summed E-state index contributed by atoms with van der Waals surface area (Å²) in [5, 5.41) is 8.18. The van der Waals surface area contributed by atoms with E-state index in [0.29, 0.717) is 6.04 Å². The molecule has 0 unspecified atom stereocenters. The topological polar surface area (TPSA) is 33.1 Å². The summed E-state index contributed by atoms with van der Waals surface area (Å²) in [4.78, 5) is 2.59. The molecule has 108 valence electrons. The Morgan fingerprint density at radius 1 is 1.26 bits per heavy atom. The van der Waals surface area contributed by atoms with Gasteiger partial charge in [-0.2, -0.15) is 5.10 Å². The number of rotatable bonds is 4. The maximum atomic E-state index is 4.47. The highest BCUT2D eigenvalue weighted by Gasteiger charge is 2.21. The molecule has 2 heterocycles. The lowest BCUT2D eigenvalue weighted by Crippen LogP contribution is -2.40. The van der Waals surface area contributed by atoms with E-state index in [1.807, 2.05) is 11.7 Å². The van der Waals surface area contributed by atoms with Crippen molar-refractivity contribution < 1.29 is 0 Å². The molecule has 1 aliphatic rings. The molecule has 1 aromatic heterocycles. The maximum absolute atomic E-state index is 4.47. The van der Waals surface area contributed by atoms with Crippen molar-refractivity contribution in [2.75, 3.05) is 25.0 Å². The second-order valence-corrected chi connectivity index (χ2v) is 6.28. The van der Waals surface area contributed by atoms with Gasteiger partial charge in [-0.05, 0) is 32.6 Å². The van der Waals surface area contributed by atoms with Gasteiger partial charge in [-0.3, -0.25) is 4.68 Å². The third kappa shape index (κ3) is 3.50. The molecule has 0 radical (unpaired) electrons. The van der Waals surface area contributed by atoms with Gasteiger partial charge in [0, 0.05) is 32.7 Å². The van der Waals surface area contributed by atoms with Crippen molar-refractivity contribution in [1.29, 1.82) is 0 Å². The predicted molar refractivity (Wildman–Crippen MR) is 80.6 cm³/mol. The monoisotopic (exact) mass is 264 g/mol. The first-order valence-electron chi connectivity index (χ1n) is 7.46. The average molecular weight is 264 g/mol. The summed E-state index contributed by atoms with van der Waals surface area (Å²) in [6.07, 6.45) is 2.47. The number of nitrogens with zero attached hydrogens (tertiary/aromatic N) is 3. The van der Waals surface area contributed by atoms with Crippen LogP contribution < -0.4 is 5.32 Å². The number of aromatic nitrogens is 2. The van der Waals surface area contributed by atoms with Gasteiger partial charge in [0.05, 0.1) is 17.1 Å². The predicted octanol–water partition coefficient (Wildman–Crippen LogP) is 2.57. The SMILES string of the molecule is Cc1nn(C)c(C)c1NC1CCN(CC(C)C)CC1. The van der Waals surface area contributed by atoms with E-state index in [1.165, 1.54) is 43.9 Å². The molecule has 0 bridgehead atoms. The van der Waals surface area contributed by atoms with Crippen molar-refractivity contribution in [3.63, 3.8) is 0 Å². The van der Waals surface area contributed by atoms with Crippen LogP contribution in [-0.4, -0.2) is 40.4 Å². The highest BCUT2D eigenvalue weighted by Crippen LogP contribution is 2.23. The molecule has 1 fully saturated rings. The molecule has 0 spiro atoms. The Labute approximate surface area is 117 Å². The fraction of sp³-hybridized carbons (Fsp3) is 0.800. The number of anilines is 1. The molecule has 1 aliphatic heterocycles. The van der Waals surface area contributed by atoms with Crippen LogP contribution in [0, 0.1) is 19.8 Å². The van der Waals surface area contributed by atoms with Gasteiger partial charge < -0.3 is 10.2 Å². The van der Waals surface area contributed by atoms with Crippen LogP contribution in [0.15, 0.2) is 0 Å². The molecule has 0 saturated carbocycles. The van der Waals surface area contributed by atoms with Gasteiger partial charge in [0.2, 0.25) is 0 Å². The normalized spacial score (nSPS) is 18.2. The van der Waals surface area contributed by atoms with Gasteiger partial charge in [-0.15, -0.1) is 0 Å². The molecule has 4 nitrogen and oxygen atoms in total. The number of piperidine rings is 1. The van der Waals surface area contributed by atoms with E-state index in [-0.39, 0.29) is 0 Å². The summed E-state index contributed by atoms with van der Waals surface area (Å²) in [5.74, 6) is 0.771. The van der Waals surface area contributed by atoms with E-state index in [4.69, 9.17) is 0 Å². The standard InChI is InChI=1S/C15H28N4/c1-11(2)10-19-8-6-14(7-9-19)16-15-12(3)17-18(5)13(15)4/h11,14,16H,6-10H2,1-5H3. The zero-order valence-electron chi connectivity index (χ0n) is 13.0. The lowest BCUT2D eigenvalue weighted by molar-refractivity contribution is 0.198. The minimum Gasteiger partial charge on any atom is -0.379 e. The largest absolute Gasteiger partial charge is 0.379 e. The minimum absolute atomic E-state index is 0.602. The highest BCUT2D eigenvalue weighted by molar-refractivity contribution is 5.52. The van der Waals surface area contributed by atoms with Gasteiger partial charge in [-0.1, -0.05) is 13.8 Å². The zero-order chi connectivity index (χ0) is 14.0. The summed E-state index contributed by atoms with van der Waals surface area (Å²) < 4.78 is 1.96. The summed E-state index contributed by atoms with van der Waals surface area (Å²) in [5.41, 5.74) is 3.59. The van der Waals surface area contributed by atoms with Crippen LogP contribution in [0.5, 0.6) is 0 Å². The van der Waals surface area contributed by atoms with E-state index in [0.717, 1.165) is 11.6 Å². The Morgan fingerprint density at radius 3 is 2.37 bits per heavy atom. The van der Waals surface area contributed by atoms with Crippen molar-refractivity contribution in [2.45, 2.75) is 46.6 Å². The van der Waals surface area contributed by atoms with Gasteiger partial charge in [0.25, 0.3) is 0 Å². The summed E-state index contributed by atoms with van der Waals surface area (Å²) in [6, 6.07) is 0.602. The van der Waals surface area contributed by atoms with Crippen molar-refractivity contribution >= 4 is 5.69 Å². The average Bonchev–Trinajstić information content (AvgIpc) is 2.58. The van der Waals surface area contributed by atoms with Gasteiger partial charge in [0.15, 0.2) is 0 Å². The van der Waals surface area contributed by atoms with E-state index in [9.17, 15) is 0 Å². The van der Waals surface area contributed by atoms with Crippen molar-refractivity contribution in [3.05, 3.63) is 11.4 Å². The van der Waals surface area contributed by atoms with E-state index in [1.54, 1.807) is 0 Å². The van der Waals surface area contributed by atoms with Gasteiger partial charge in [-0.25, -0.2) is 0 Å². The molecule has 19 heavy (non-hydrogen) atoms. The fourth-order valence-electron chi connectivity index (χ4n) is 2.96. The van der Waals surface area contributed by atoms with Crippen molar-refractivity contribution in [3.8, 4) is 0 Å². The maximum Gasteiger partial charge on any atom is 0.0827 e. The van der Waals surface area contributed by atoms with Gasteiger partial charge >= 0.3 is 0 Å². The van der Waals surface area contributed by atoms with E-state index in [2.05, 4.69) is 43.0 Å². The Kier molecular flexibility index (Phi) is 4.50. The summed E-state index contributed by atoms with van der Waals surface area (Å²) >= 11 is 0. The summed E-state index contributed by atoms with van der Waals surface area (Å²) in [6.45, 7) is 12.5. The second kappa shape index (κ2) is 5.95. The smallest absolute Gasteiger partial charge is 0.0827 e. The number of hydrogen-bond acceptors (Lipinski definition) is 3. The molecule has 0 aliphatic carbocycles. The lowest BCUT2D eigenvalue weighted by atomic mass is 10.0. The van der Waals surface area contributed by atoms with Crippen LogP contribution >= 0.6 is 0 Å². The Hall–Kier alpha value is -1.03. The third-order valence-corrected chi connectivity index (χ3v) is 4.07. The molecule has 0 aromatic carbocycles. The lowest BCUT2D eigenvalue weighted by Gasteiger charge is -2.33. The zero-order valence-corrected chi connectivity index (χ0v) is 13.0. The molecule has 0 atom stereocenters. The number of hydrogen-bond donors (Lipinski definition) is 1. The second-order valence-electron chi connectivity index (χ2n) is 6.28. The van der Waals surface area contributed by atoms with Crippen LogP contribution in [0.1, 0.15) is 38.1 Å². The first kappa shape index (κ1) is 14.4. The van der Waals surface area contributed by atoms with E-state index >= 15 is 0 Å². The third-order valence-electron chi connectivity index (χ3n) is 4.07. The molecule has 2 rings (SSSR count). The number of nitrogens with one attached hydrogen (secondary N) is 1. The quantitative estimate of drug-likeness (QED) is 0.907. The minimum atomic E-state index is 0.602.